The number of carboxylic acids is 1. The van der Waals surface area contributed by atoms with Gasteiger partial charge in [-0.3, -0.25) is 33.6 Å². The van der Waals surface area contributed by atoms with Gasteiger partial charge in [0, 0.05) is 41.1 Å². The van der Waals surface area contributed by atoms with Crippen molar-refractivity contribution in [2.45, 2.75) is 163 Å². The number of aliphatic carboxylic acids is 1. The van der Waals surface area contributed by atoms with Crippen LogP contribution in [0.5, 0.6) is 46.0 Å². The summed E-state index contributed by atoms with van der Waals surface area (Å²) in [4.78, 5) is 117. The molecular weight excluding hydrogens is 1390 g/mol. The molecule has 0 saturated carbocycles. The molecule has 21 N–H and O–H groups in total. The summed E-state index contributed by atoms with van der Waals surface area (Å²) in [6.45, 7) is 5.72. The molecule has 0 spiro atoms. The van der Waals surface area contributed by atoms with Crippen LogP contribution in [0, 0.1) is 5.92 Å². The van der Waals surface area contributed by atoms with Crippen LogP contribution in [0.3, 0.4) is 0 Å². The molecule has 11 bridgehead atoms. The number of halogens is 2. The minimum absolute atomic E-state index is 0.0968. The molecular formula is C67H77Cl2N9O24. The highest BCUT2D eigenvalue weighted by Crippen LogP contribution is 2.50. The third kappa shape index (κ3) is 16.2. The molecule has 7 aliphatic heterocycles. The number of nitrogens with one attached hydrogen (secondary N) is 7. The fourth-order valence-electron chi connectivity index (χ4n) is 12.7. The Labute approximate surface area is 590 Å². The molecule has 0 radical (unpaired) electrons. The predicted octanol–water partition coefficient (Wildman–Crippen LogP) is 0.496. The Hall–Kier alpha value is -9.20. The van der Waals surface area contributed by atoms with Crippen molar-refractivity contribution >= 4 is 70.5 Å². The number of carboxylic acid groups (broad SMARTS) is 1. The van der Waals surface area contributed by atoms with Gasteiger partial charge in [-0.05, 0) is 110 Å². The molecule has 5 aromatic rings. The fraction of sp³-hybridized carbons (Fsp3) is 0.433. The van der Waals surface area contributed by atoms with Crippen LogP contribution in [-0.2, 0) is 52.6 Å². The summed E-state index contributed by atoms with van der Waals surface area (Å²) < 4.78 is 38.8. The zero-order valence-corrected chi connectivity index (χ0v) is 56.5. The van der Waals surface area contributed by atoms with E-state index in [1.165, 1.54) is 33.0 Å². The number of nitrogens with two attached hydrogens (primary N) is 2. The Kier molecular flexibility index (Phi) is 22.8. The number of aliphatic hydroxyl groups is 6. The van der Waals surface area contributed by atoms with E-state index in [1.807, 2.05) is 13.8 Å². The van der Waals surface area contributed by atoms with E-state index in [-0.39, 0.29) is 52.0 Å². The average molecular weight is 1460 g/mol. The van der Waals surface area contributed by atoms with Gasteiger partial charge in [0.15, 0.2) is 23.8 Å². The predicted molar refractivity (Wildman–Crippen MR) is 354 cm³/mol. The quantitative estimate of drug-likeness (QED) is 0.0763. The number of ether oxygens (including phenoxy) is 6. The number of hydrogen-bond acceptors (Lipinski definition) is 25. The fourth-order valence-corrected chi connectivity index (χ4v) is 13.1. The van der Waals surface area contributed by atoms with E-state index in [0.29, 0.717) is 0 Å². The molecule has 0 aliphatic carbocycles. The highest BCUT2D eigenvalue weighted by atomic mass is 35.5. The van der Waals surface area contributed by atoms with Gasteiger partial charge >= 0.3 is 5.97 Å². The minimum atomic E-state index is -2.34. The van der Waals surface area contributed by atoms with Crippen molar-refractivity contribution in [3.63, 3.8) is 0 Å². The van der Waals surface area contributed by atoms with Gasteiger partial charge in [-0.25, -0.2) is 4.79 Å². The van der Waals surface area contributed by atoms with Gasteiger partial charge in [-0.15, -0.1) is 0 Å². The SMILES string of the molecule is CN[C@H](CC(C)C)C(=O)N[C@H]1C(=O)N[C@@H](CC(N)=O)C(=O)N[C@H]2C(=O)N[C@H]3C(=O)N[C@H](C(=O)N[C@H](C(=O)O)c4cc(O)cc(O)c4-c4cc3ccc4O)[C@H](O)c3ccc(c(Cl)c3)Oc3cc2cc(c3O[C@H]2OC(CO)C(O)[C@H](O)CC2O[C@H]2CC(C)(N)[C@H](O)C(C)O2)Oc2ccc(cc2Cl)[C@H]1O. The summed E-state index contributed by atoms with van der Waals surface area (Å²) in [5, 5.41) is 130. The molecule has 18 atom stereocenters. The standard InChI is InChI=1S/C67H77Cl2N9O24/c1-24(2)12-35(72-5)59(89)77-52-54(85)27-7-10-40(33(68)14-27)98-42-16-29-17-43(57(42)102-66-44(21-39(83)56(87)45(23-79)101-66)100-47-22-67(4,71)58(88)25(3)97-47)99-41-11-8-28(15-34(41)69)55(86)53-64(94)76-51(65(95)96)32-18-30(80)19-38(82)48(32)31-13-26(6-9-37(31)81)49(61(91)78-53)75-62(92)50(29)74-60(90)36(20-46(70)84)73-63(52)93/h6-11,13-19,24-25,35-36,39,44-45,47,49-56,58,66,72,79-83,85-88H,12,20-23,71H2,1-5H3,(H2,70,84)(H,73,93)(H,74,90)(H,75,92)(H,76,94)(H,77,89)(H,78,91)(H,95,96)/t25?,35-,36+,39-,44?,45?,47+,49-,50-,51+,52-,53+,54-,55-,56?,58-,66-,67?/m1/s1. The summed E-state index contributed by atoms with van der Waals surface area (Å²) in [6.07, 6.45) is -18.2. The monoisotopic (exact) mass is 1460 g/mol. The van der Waals surface area contributed by atoms with E-state index in [4.69, 9.17) is 63.1 Å². The van der Waals surface area contributed by atoms with Crippen molar-refractivity contribution in [2.75, 3.05) is 13.7 Å². The Morgan fingerprint density at radius 1 is 0.725 bits per heavy atom. The molecule has 5 aromatic carbocycles. The molecule has 7 heterocycles. The Bertz CT molecular complexity index is 4090. The van der Waals surface area contributed by atoms with Gasteiger partial charge < -0.3 is 128 Å². The van der Waals surface area contributed by atoms with Crippen LogP contribution in [0.2, 0.25) is 10.0 Å². The topological polar surface area (TPSA) is 530 Å². The number of rotatable bonds is 13. The summed E-state index contributed by atoms with van der Waals surface area (Å²) in [6, 6.07) is -0.544. The Balaban J connectivity index is 1.24. The number of likely N-dealkylation sites (N-methyl/N-ethyl adjacent to an activating group) is 1. The lowest BCUT2D eigenvalue weighted by molar-refractivity contribution is -0.284. The van der Waals surface area contributed by atoms with Crippen molar-refractivity contribution in [1.82, 2.24) is 37.2 Å². The Morgan fingerprint density at radius 2 is 1.33 bits per heavy atom. The largest absolute Gasteiger partial charge is 0.508 e. The number of primary amides is 1. The second kappa shape index (κ2) is 30.8. The maximum Gasteiger partial charge on any atom is 0.330 e. The maximum atomic E-state index is 16.1. The van der Waals surface area contributed by atoms with Gasteiger partial charge in [0.05, 0.1) is 47.4 Å². The van der Waals surface area contributed by atoms with Gasteiger partial charge in [-0.2, -0.15) is 0 Å². The molecule has 0 aromatic heterocycles. The molecule has 5 unspecified atom stereocenters. The molecule has 548 valence electrons. The third-order valence-electron chi connectivity index (χ3n) is 18.0. The van der Waals surface area contributed by atoms with Crippen LogP contribution in [0.15, 0.2) is 78.9 Å². The number of phenolic OH excluding ortho intramolecular Hbond substituents is 3. The summed E-state index contributed by atoms with van der Waals surface area (Å²) in [5.74, 6) is -15.8. The lowest BCUT2D eigenvalue weighted by Crippen LogP contribution is -2.61. The van der Waals surface area contributed by atoms with Gasteiger partial charge in [0.2, 0.25) is 53.4 Å². The van der Waals surface area contributed by atoms with Crippen molar-refractivity contribution in [1.29, 1.82) is 0 Å². The van der Waals surface area contributed by atoms with E-state index >= 15 is 14.4 Å². The average Bonchev–Trinajstić information content (AvgIpc) is 0.845. The molecule has 33 nitrogen and oxygen atoms in total. The highest BCUT2D eigenvalue weighted by molar-refractivity contribution is 6.32. The third-order valence-corrected chi connectivity index (χ3v) is 18.6. The van der Waals surface area contributed by atoms with Crippen molar-refractivity contribution < 1.29 is 118 Å². The van der Waals surface area contributed by atoms with E-state index in [1.54, 1.807) is 0 Å². The van der Waals surface area contributed by atoms with Crippen LogP contribution in [0.25, 0.3) is 11.1 Å². The van der Waals surface area contributed by atoms with E-state index in [0.717, 1.165) is 66.7 Å². The second-order valence-electron chi connectivity index (χ2n) is 26.1. The highest BCUT2D eigenvalue weighted by Gasteiger charge is 2.48. The van der Waals surface area contributed by atoms with Crippen LogP contribution in [0.1, 0.15) is 112 Å². The summed E-state index contributed by atoms with van der Waals surface area (Å²) >= 11 is 14.2. The van der Waals surface area contributed by atoms with Crippen molar-refractivity contribution in [3.8, 4) is 57.1 Å². The van der Waals surface area contributed by atoms with E-state index in [9.17, 15) is 75.0 Å². The van der Waals surface area contributed by atoms with Gasteiger partial charge in [-0.1, -0.05) is 55.2 Å². The molecule has 102 heavy (non-hydrogen) atoms. The van der Waals surface area contributed by atoms with Crippen molar-refractivity contribution in [2.24, 2.45) is 17.4 Å². The zero-order valence-electron chi connectivity index (χ0n) is 55.0. The Morgan fingerprint density at radius 3 is 1.92 bits per heavy atom. The smallest absolute Gasteiger partial charge is 0.330 e. The normalized spacial score (nSPS) is 29.4. The van der Waals surface area contributed by atoms with Crippen LogP contribution in [0.4, 0.5) is 0 Å². The number of carbonyl (C=O) groups excluding carboxylic acids is 7. The lowest BCUT2D eigenvalue weighted by Gasteiger charge is -2.44. The number of fused-ring (bicyclic) bond motifs is 15. The number of benzene rings is 5. The minimum Gasteiger partial charge on any atom is -0.508 e. The number of aliphatic hydroxyl groups excluding tert-OH is 6. The summed E-state index contributed by atoms with van der Waals surface area (Å²) in [7, 11) is 1.47. The van der Waals surface area contributed by atoms with E-state index in [2.05, 4.69) is 37.2 Å². The first kappa shape index (κ1) is 75.5. The number of carbonyl (C=O) groups is 8. The zero-order chi connectivity index (χ0) is 74.2. The molecule has 35 heteroatoms. The number of hydrogen-bond donors (Lipinski definition) is 19. The van der Waals surface area contributed by atoms with Crippen LogP contribution in [-0.4, -0.2) is 191 Å². The first-order chi connectivity index (χ1) is 48.1. The second-order valence-corrected chi connectivity index (χ2v) is 26.9. The van der Waals surface area contributed by atoms with Gasteiger partial charge in [0.25, 0.3) is 0 Å². The number of phenols is 3. The molecule has 7 aliphatic rings. The molecule has 12 rings (SSSR count). The maximum absolute atomic E-state index is 16.1. The molecule has 7 amide bonds. The van der Waals surface area contributed by atoms with E-state index < -0.39 is 238 Å². The lowest BCUT2D eigenvalue weighted by atomic mass is 9.86. The number of amides is 7. The van der Waals surface area contributed by atoms with Gasteiger partial charge in [0.1, 0.15) is 89.5 Å². The number of aromatic hydroxyl groups is 3. The molecule has 2 fully saturated rings. The van der Waals surface area contributed by atoms with Crippen LogP contribution >= 0.6 is 23.2 Å². The first-order valence-electron chi connectivity index (χ1n) is 32.1. The first-order valence-corrected chi connectivity index (χ1v) is 32.9. The van der Waals surface area contributed by atoms with Crippen molar-refractivity contribution in [3.05, 3.63) is 117 Å². The van der Waals surface area contributed by atoms with Crippen LogP contribution < -0.4 is 62.9 Å². The molecule has 2 saturated heterocycles. The summed E-state index contributed by atoms with van der Waals surface area (Å²) in [5.41, 5.74) is 8.12.